The molecule has 1 saturated heterocycles. The molecule has 0 radical (unpaired) electrons. The Kier molecular flexibility index (Phi) is 4.17. The molecule has 0 aromatic carbocycles. The number of likely N-dealkylation sites (tertiary alicyclic amines) is 1. The zero-order valence-electron chi connectivity index (χ0n) is 11.0. The first-order chi connectivity index (χ1) is 8.79. The minimum Gasteiger partial charge on any atom is -0.480 e. The molecule has 1 aliphatic carbocycles. The standard InChI is InChI=1S/C12H21NO5S/c1-19(17,18)10-4-2-3-8(5-10)13-7-9(14)6-11(13)12(15)16/h8-11,14H,2-7H2,1H3,(H,15,16). The molecule has 0 bridgehead atoms. The van der Waals surface area contributed by atoms with Crippen molar-refractivity contribution in [2.45, 2.75) is 55.5 Å². The van der Waals surface area contributed by atoms with Crippen molar-refractivity contribution in [1.29, 1.82) is 0 Å². The molecular formula is C12H21NO5S. The zero-order valence-corrected chi connectivity index (χ0v) is 11.8. The van der Waals surface area contributed by atoms with Crippen LogP contribution in [0, 0.1) is 0 Å². The Morgan fingerprint density at radius 3 is 2.53 bits per heavy atom. The number of aliphatic carboxylic acids is 1. The average Bonchev–Trinajstić information content (AvgIpc) is 2.71. The van der Waals surface area contributed by atoms with Gasteiger partial charge >= 0.3 is 5.97 Å². The summed E-state index contributed by atoms with van der Waals surface area (Å²) in [5.74, 6) is -0.932. The lowest BCUT2D eigenvalue weighted by molar-refractivity contribution is -0.143. The second-order valence-corrected chi connectivity index (χ2v) is 8.04. The topological polar surface area (TPSA) is 94.9 Å². The first-order valence-corrected chi connectivity index (χ1v) is 8.60. The maximum atomic E-state index is 11.6. The number of sulfone groups is 1. The summed E-state index contributed by atoms with van der Waals surface area (Å²) in [7, 11) is -3.08. The number of hydrogen-bond donors (Lipinski definition) is 2. The third-order valence-electron chi connectivity index (χ3n) is 4.28. The van der Waals surface area contributed by atoms with Crippen LogP contribution in [-0.2, 0) is 14.6 Å². The molecule has 110 valence electrons. The molecule has 0 aromatic heterocycles. The Labute approximate surface area is 113 Å². The van der Waals surface area contributed by atoms with Crippen molar-refractivity contribution in [3.63, 3.8) is 0 Å². The van der Waals surface area contributed by atoms with Gasteiger partial charge in [0.1, 0.15) is 15.9 Å². The molecule has 7 heteroatoms. The van der Waals surface area contributed by atoms with E-state index in [9.17, 15) is 23.4 Å². The van der Waals surface area contributed by atoms with E-state index in [0.29, 0.717) is 19.4 Å². The average molecular weight is 291 g/mol. The van der Waals surface area contributed by atoms with Crippen molar-refractivity contribution >= 4 is 15.8 Å². The van der Waals surface area contributed by atoms with Crippen molar-refractivity contribution in [2.24, 2.45) is 0 Å². The molecule has 2 rings (SSSR count). The van der Waals surface area contributed by atoms with Crippen molar-refractivity contribution in [1.82, 2.24) is 4.90 Å². The van der Waals surface area contributed by atoms with Gasteiger partial charge in [0.25, 0.3) is 0 Å². The van der Waals surface area contributed by atoms with Crippen molar-refractivity contribution in [2.75, 3.05) is 12.8 Å². The van der Waals surface area contributed by atoms with Gasteiger partial charge in [-0.3, -0.25) is 9.69 Å². The number of carboxylic acids is 1. The van der Waals surface area contributed by atoms with E-state index in [4.69, 9.17) is 0 Å². The molecule has 2 N–H and O–H groups in total. The molecule has 0 spiro atoms. The number of hydrogen-bond acceptors (Lipinski definition) is 5. The molecule has 2 fully saturated rings. The number of aliphatic hydroxyl groups is 1. The van der Waals surface area contributed by atoms with E-state index in [1.165, 1.54) is 6.26 Å². The maximum Gasteiger partial charge on any atom is 0.321 e. The second-order valence-electron chi connectivity index (χ2n) is 5.71. The number of carbonyl (C=O) groups is 1. The summed E-state index contributed by atoms with van der Waals surface area (Å²) in [5.41, 5.74) is 0. The molecule has 0 aromatic rings. The molecule has 2 aliphatic rings. The van der Waals surface area contributed by atoms with Gasteiger partial charge in [-0.15, -0.1) is 0 Å². The summed E-state index contributed by atoms with van der Waals surface area (Å²) in [6.45, 7) is 0.331. The summed E-state index contributed by atoms with van der Waals surface area (Å²) < 4.78 is 23.3. The van der Waals surface area contributed by atoms with E-state index in [1.54, 1.807) is 4.90 Å². The van der Waals surface area contributed by atoms with Gasteiger partial charge in [0.15, 0.2) is 0 Å². The fourth-order valence-electron chi connectivity index (χ4n) is 3.29. The van der Waals surface area contributed by atoms with E-state index < -0.39 is 28.0 Å². The van der Waals surface area contributed by atoms with Crippen LogP contribution in [0.4, 0.5) is 0 Å². The summed E-state index contributed by atoms with van der Waals surface area (Å²) in [4.78, 5) is 13.0. The van der Waals surface area contributed by atoms with Gasteiger partial charge in [0.2, 0.25) is 0 Å². The largest absolute Gasteiger partial charge is 0.480 e. The Bertz CT molecular complexity index is 449. The van der Waals surface area contributed by atoms with Crippen LogP contribution in [0.1, 0.15) is 32.1 Å². The van der Waals surface area contributed by atoms with Gasteiger partial charge in [-0.2, -0.15) is 0 Å². The quantitative estimate of drug-likeness (QED) is 0.751. The van der Waals surface area contributed by atoms with Gasteiger partial charge in [-0.25, -0.2) is 8.42 Å². The molecule has 19 heavy (non-hydrogen) atoms. The summed E-state index contributed by atoms with van der Waals surface area (Å²) >= 11 is 0. The van der Waals surface area contributed by atoms with E-state index in [0.717, 1.165) is 12.8 Å². The normalized spacial score (nSPS) is 37.4. The van der Waals surface area contributed by atoms with Crippen molar-refractivity contribution in [3.8, 4) is 0 Å². The van der Waals surface area contributed by atoms with Gasteiger partial charge in [-0.05, 0) is 19.3 Å². The third kappa shape index (κ3) is 3.27. The van der Waals surface area contributed by atoms with Crippen LogP contribution in [-0.4, -0.2) is 65.7 Å². The van der Waals surface area contributed by atoms with Crippen LogP contribution in [0.15, 0.2) is 0 Å². The number of carboxylic acid groups (broad SMARTS) is 1. The second kappa shape index (κ2) is 5.38. The Hall–Kier alpha value is -0.660. The Morgan fingerprint density at radius 1 is 1.26 bits per heavy atom. The third-order valence-corrected chi connectivity index (χ3v) is 5.91. The number of nitrogens with zero attached hydrogens (tertiary/aromatic N) is 1. The van der Waals surface area contributed by atoms with Crippen molar-refractivity contribution in [3.05, 3.63) is 0 Å². The Morgan fingerprint density at radius 2 is 1.95 bits per heavy atom. The number of aliphatic hydroxyl groups excluding tert-OH is 1. The van der Waals surface area contributed by atoms with Crippen LogP contribution in [0.25, 0.3) is 0 Å². The summed E-state index contributed by atoms with van der Waals surface area (Å²) in [5, 5.41) is 18.5. The first-order valence-electron chi connectivity index (χ1n) is 6.64. The predicted octanol–water partition coefficient (Wildman–Crippen LogP) is -0.138. The van der Waals surface area contributed by atoms with Crippen LogP contribution < -0.4 is 0 Å². The molecule has 1 heterocycles. The first kappa shape index (κ1) is 14.7. The molecule has 1 aliphatic heterocycles. The molecule has 0 amide bonds. The number of β-amino-alcohol motifs (C(OH)–C–C–N with tert-alkyl or cyclic N) is 1. The van der Waals surface area contributed by atoms with E-state index in [2.05, 4.69) is 0 Å². The van der Waals surface area contributed by atoms with Gasteiger partial charge in [0, 0.05) is 25.3 Å². The highest BCUT2D eigenvalue weighted by atomic mass is 32.2. The van der Waals surface area contributed by atoms with Crippen LogP contribution in [0.2, 0.25) is 0 Å². The zero-order chi connectivity index (χ0) is 14.2. The van der Waals surface area contributed by atoms with Gasteiger partial charge in [0.05, 0.1) is 11.4 Å². The fourth-order valence-corrected chi connectivity index (χ4v) is 4.46. The van der Waals surface area contributed by atoms with E-state index >= 15 is 0 Å². The minimum absolute atomic E-state index is 0.0493. The maximum absolute atomic E-state index is 11.6. The van der Waals surface area contributed by atoms with E-state index in [-0.39, 0.29) is 17.7 Å². The SMILES string of the molecule is CS(=O)(=O)C1CCCC(N2CC(O)CC2C(=O)O)C1. The number of rotatable bonds is 3. The monoisotopic (exact) mass is 291 g/mol. The van der Waals surface area contributed by atoms with Gasteiger partial charge in [-0.1, -0.05) is 6.42 Å². The molecule has 4 unspecified atom stereocenters. The summed E-state index contributed by atoms with van der Waals surface area (Å²) in [6, 6.07) is -0.731. The lowest BCUT2D eigenvalue weighted by atomic mass is 9.93. The smallest absolute Gasteiger partial charge is 0.321 e. The lowest BCUT2D eigenvalue weighted by Crippen LogP contribution is -2.47. The van der Waals surface area contributed by atoms with Gasteiger partial charge < -0.3 is 10.2 Å². The molecule has 6 nitrogen and oxygen atoms in total. The molecule has 4 atom stereocenters. The Balaban J connectivity index is 2.10. The highest BCUT2D eigenvalue weighted by molar-refractivity contribution is 7.91. The lowest BCUT2D eigenvalue weighted by Gasteiger charge is -2.36. The molecular weight excluding hydrogens is 270 g/mol. The predicted molar refractivity (Wildman–Crippen MR) is 69.6 cm³/mol. The highest BCUT2D eigenvalue weighted by Crippen LogP contribution is 2.32. The fraction of sp³-hybridized carbons (Fsp3) is 0.917. The van der Waals surface area contributed by atoms with Crippen LogP contribution in [0.3, 0.4) is 0 Å². The van der Waals surface area contributed by atoms with Crippen molar-refractivity contribution < 1.29 is 23.4 Å². The van der Waals surface area contributed by atoms with Crippen LogP contribution >= 0.6 is 0 Å². The highest BCUT2D eigenvalue weighted by Gasteiger charge is 2.42. The summed E-state index contributed by atoms with van der Waals surface area (Å²) in [6.07, 6.45) is 3.59. The molecule has 1 saturated carbocycles. The minimum atomic E-state index is -3.08. The van der Waals surface area contributed by atoms with Crippen LogP contribution in [0.5, 0.6) is 0 Å². The van der Waals surface area contributed by atoms with E-state index in [1.807, 2.05) is 0 Å².